The molecule has 1 fully saturated rings. The lowest BCUT2D eigenvalue weighted by molar-refractivity contribution is -0.908. The van der Waals surface area contributed by atoms with Gasteiger partial charge in [0.1, 0.15) is 18.8 Å². The summed E-state index contributed by atoms with van der Waals surface area (Å²) in [4.78, 5) is 1.68. The number of nitrogens with one attached hydrogen (secondary N) is 1. The Morgan fingerprint density at radius 1 is 1.19 bits per heavy atom. The average Bonchev–Trinajstić information content (AvgIpc) is 2.55. The number of benzene rings is 1. The van der Waals surface area contributed by atoms with Crippen LogP contribution in [0.25, 0.3) is 0 Å². The van der Waals surface area contributed by atoms with Crippen LogP contribution >= 0.6 is 0 Å². The minimum Gasteiger partial charge on any atom is -0.493 e. The first-order valence-electron chi connectivity index (χ1n) is 8.44. The molecule has 1 aromatic carbocycles. The van der Waals surface area contributed by atoms with Crippen molar-refractivity contribution in [2.75, 3.05) is 39.5 Å². The molecule has 1 heterocycles. The lowest BCUT2D eigenvalue weighted by Crippen LogP contribution is -3.14. The fraction of sp³-hybridized carbons (Fsp3) is 0.667. The molecular formula is C18H30NO2+. The summed E-state index contributed by atoms with van der Waals surface area (Å²) in [5.41, 5.74) is 1.35. The van der Waals surface area contributed by atoms with Crippen LogP contribution in [0.15, 0.2) is 24.3 Å². The predicted octanol–water partition coefficient (Wildman–Crippen LogP) is 2.27. The molecule has 1 saturated heterocycles. The smallest absolute Gasteiger partial charge is 0.122 e. The SMILES string of the molecule is CC[C@H](C)c1ccccc1OCCCC[NH+]1CCOCC1. The molecule has 1 N–H and O–H groups in total. The molecule has 118 valence electrons. The Balaban J connectivity index is 1.68. The molecule has 0 saturated carbocycles. The first kappa shape index (κ1) is 16.3. The maximum atomic E-state index is 6.02. The summed E-state index contributed by atoms with van der Waals surface area (Å²) in [6, 6.07) is 8.48. The molecule has 0 radical (unpaired) electrons. The largest absolute Gasteiger partial charge is 0.493 e. The van der Waals surface area contributed by atoms with Crippen LogP contribution < -0.4 is 9.64 Å². The Morgan fingerprint density at radius 2 is 1.95 bits per heavy atom. The Labute approximate surface area is 129 Å². The van der Waals surface area contributed by atoms with Crippen LogP contribution in [0.4, 0.5) is 0 Å². The molecular weight excluding hydrogens is 262 g/mol. The number of unbranched alkanes of at least 4 members (excludes halogenated alkanes) is 1. The van der Waals surface area contributed by atoms with Gasteiger partial charge >= 0.3 is 0 Å². The van der Waals surface area contributed by atoms with E-state index in [0.717, 1.165) is 51.5 Å². The zero-order valence-electron chi connectivity index (χ0n) is 13.6. The van der Waals surface area contributed by atoms with Crippen LogP contribution in [0.5, 0.6) is 5.75 Å². The fourth-order valence-electron chi connectivity index (χ4n) is 2.81. The highest BCUT2D eigenvalue weighted by Crippen LogP contribution is 2.28. The summed E-state index contributed by atoms with van der Waals surface area (Å²) in [6.45, 7) is 10.8. The number of rotatable bonds is 8. The minimum absolute atomic E-state index is 0.569. The molecule has 0 aliphatic carbocycles. The number of para-hydroxylation sites is 1. The number of morpholine rings is 1. The van der Waals surface area contributed by atoms with E-state index in [1.54, 1.807) is 4.90 Å². The van der Waals surface area contributed by atoms with Gasteiger partial charge < -0.3 is 14.4 Å². The van der Waals surface area contributed by atoms with E-state index in [1.807, 2.05) is 0 Å². The van der Waals surface area contributed by atoms with Crippen LogP contribution in [-0.2, 0) is 4.74 Å². The molecule has 2 rings (SSSR count). The molecule has 0 unspecified atom stereocenters. The average molecular weight is 292 g/mol. The van der Waals surface area contributed by atoms with Gasteiger partial charge in [-0.15, -0.1) is 0 Å². The summed E-state index contributed by atoms with van der Waals surface area (Å²) in [5, 5.41) is 0. The van der Waals surface area contributed by atoms with Gasteiger partial charge in [-0.1, -0.05) is 32.0 Å². The van der Waals surface area contributed by atoms with Crippen LogP contribution in [0.1, 0.15) is 44.6 Å². The molecule has 1 aliphatic heterocycles. The third-order valence-corrected chi connectivity index (χ3v) is 4.44. The van der Waals surface area contributed by atoms with E-state index < -0.39 is 0 Å². The molecule has 1 aromatic rings. The molecule has 21 heavy (non-hydrogen) atoms. The Bertz CT molecular complexity index is 402. The Morgan fingerprint density at radius 3 is 2.71 bits per heavy atom. The molecule has 1 aliphatic rings. The Kier molecular flexibility index (Phi) is 7.04. The second-order valence-electron chi connectivity index (χ2n) is 6.02. The van der Waals surface area contributed by atoms with Crippen molar-refractivity contribution in [2.45, 2.75) is 39.0 Å². The van der Waals surface area contributed by atoms with Gasteiger partial charge in [-0.2, -0.15) is 0 Å². The Hall–Kier alpha value is -1.06. The predicted molar refractivity (Wildman–Crippen MR) is 86.3 cm³/mol. The zero-order valence-corrected chi connectivity index (χ0v) is 13.6. The van der Waals surface area contributed by atoms with Gasteiger partial charge in [0.25, 0.3) is 0 Å². The van der Waals surface area contributed by atoms with E-state index in [1.165, 1.54) is 18.5 Å². The molecule has 3 nitrogen and oxygen atoms in total. The summed E-state index contributed by atoms with van der Waals surface area (Å²) in [6.07, 6.45) is 3.53. The quantitative estimate of drug-likeness (QED) is 0.743. The number of hydrogen-bond donors (Lipinski definition) is 1. The highest BCUT2D eigenvalue weighted by molar-refractivity contribution is 5.35. The maximum Gasteiger partial charge on any atom is 0.122 e. The van der Waals surface area contributed by atoms with Gasteiger partial charge in [0.15, 0.2) is 0 Å². The standard InChI is InChI=1S/C18H29NO2/c1-3-16(2)17-8-4-5-9-18(17)21-13-7-6-10-19-11-14-20-15-12-19/h4-5,8-9,16H,3,6-7,10-15H2,1-2H3/p+1/t16-/m0/s1. The molecule has 0 aromatic heterocycles. The van der Waals surface area contributed by atoms with Crippen molar-refractivity contribution < 1.29 is 14.4 Å². The van der Waals surface area contributed by atoms with E-state index in [2.05, 4.69) is 38.1 Å². The topological polar surface area (TPSA) is 22.9 Å². The van der Waals surface area contributed by atoms with Crippen molar-refractivity contribution in [1.82, 2.24) is 0 Å². The monoisotopic (exact) mass is 292 g/mol. The number of quaternary nitrogens is 1. The molecule has 0 spiro atoms. The third-order valence-electron chi connectivity index (χ3n) is 4.44. The summed E-state index contributed by atoms with van der Waals surface area (Å²) in [5.74, 6) is 1.64. The van der Waals surface area contributed by atoms with E-state index in [4.69, 9.17) is 9.47 Å². The maximum absolute atomic E-state index is 6.02. The van der Waals surface area contributed by atoms with Crippen LogP contribution in [0.3, 0.4) is 0 Å². The van der Waals surface area contributed by atoms with Crippen molar-refractivity contribution >= 4 is 0 Å². The molecule has 3 heteroatoms. The number of hydrogen-bond acceptors (Lipinski definition) is 2. The van der Waals surface area contributed by atoms with Crippen molar-refractivity contribution in [3.8, 4) is 5.75 Å². The van der Waals surface area contributed by atoms with Crippen molar-refractivity contribution in [1.29, 1.82) is 0 Å². The molecule has 0 amide bonds. The molecule has 1 atom stereocenters. The van der Waals surface area contributed by atoms with Crippen molar-refractivity contribution in [3.63, 3.8) is 0 Å². The zero-order chi connectivity index (χ0) is 14.9. The summed E-state index contributed by atoms with van der Waals surface area (Å²) < 4.78 is 11.4. The van der Waals surface area contributed by atoms with Gasteiger partial charge in [0.05, 0.1) is 26.4 Å². The normalized spacial score (nSPS) is 17.6. The van der Waals surface area contributed by atoms with Gasteiger partial charge in [-0.05, 0) is 36.8 Å². The second kappa shape index (κ2) is 9.06. The first-order valence-corrected chi connectivity index (χ1v) is 8.44. The van der Waals surface area contributed by atoms with Gasteiger partial charge in [0, 0.05) is 0 Å². The van der Waals surface area contributed by atoms with Crippen LogP contribution in [-0.4, -0.2) is 39.5 Å². The summed E-state index contributed by atoms with van der Waals surface area (Å²) >= 11 is 0. The first-order chi connectivity index (χ1) is 10.3. The van der Waals surface area contributed by atoms with E-state index >= 15 is 0 Å². The fourth-order valence-corrected chi connectivity index (χ4v) is 2.81. The van der Waals surface area contributed by atoms with Gasteiger partial charge in [-0.25, -0.2) is 0 Å². The van der Waals surface area contributed by atoms with Crippen molar-refractivity contribution in [3.05, 3.63) is 29.8 Å². The minimum atomic E-state index is 0.569. The number of ether oxygens (including phenoxy) is 2. The van der Waals surface area contributed by atoms with Gasteiger partial charge in [0.2, 0.25) is 0 Å². The highest BCUT2D eigenvalue weighted by atomic mass is 16.5. The second-order valence-corrected chi connectivity index (χ2v) is 6.02. The van der Waals surface area contributed by atoms with E-state index in [-0.39, 0.29) is 0 Å². The molecule has 0 bridgehead atoms. The van der Waals surface area contributed by atoms with Crippen LogP contribution in [0, 0.1) is 0 Å². The van der Waals surface area contributed by atoms with Crippen molar-refractivity contribution in [2.24, 2.45) is 0 Å². The summed E-state index contributed by atoms with van der Waals surface area (Å²) in [7, 11) is 0. The lowest BCUT2D eigenvalue weighted by atomic mass is 9.98. The van der Waals surface area contributed by atoms with E-state index in [0.29, 0.717) is 5.92 Å². The highest BCUT2D eigenvalue weighted by Gasteiger charge is 2.13. The van der Waals surface area contributed by atoms with Crippen LogP contribution in [0.2, 0.25) is 0 Å². The van der Waals surface area contributed by atoms with Gasteiger partial charge in [-0.3, -0.25) is 0 Å². The third kappa shape index (κ3) is 5.33. The van der Waals surface area contributed by atoms with E-state index in [9.17, 15) is 0 Å². The lowest BCUT2D eigenvalue weighted by Gasteiger charge is -2.23.